The van der Waals surface area contributed by atoms with Crippen LogP contribution in [0.4, 0.5) is 22.5 Å². The minimum absolute atomic E-state index is 0.446. The molecule has 0 unspecified atom stereocenters. The molecule has 0 aliphatic rings. The molecule has 0 fully saturated rings. The zero-order chi connectivity index (χ0) is 18.8. The highest BCUT2D eigenvalue weighted by Crippen LogP contribution is 2.31. The van der Waals surface area contributed by atoms with Gasteiger partial charge in [0.05, 0.1) is 10.2 Å². The lowest BCUT2D eigenvalue weighted by Crippen LogP contribution is -2.08. The standard InChI is InChI=1S/C19H17ClN6S/c1-11-2-7-14-15(8-11)27-19(25-14)26-18-16(21)17(23-10-24-18)22-9-12-3-5-13(20)6-4-12/h2-8,10H,9,21H2,1H3,(H2,22,23,24,25,26). The summed E-state index contributed by atoms with van der Waals surface area (Å²) in [6.45, 7) is 2.64. The molecule has 0 saturated heterocycles. The minimum Gasteiger partial charge on any atom is -0.393 e. The van der Waals surface area contributed by atoms with Crippen LogP contribution in [0.5, 0.6) is 0 Å². The quantitative estimate of drug-likeness (QED) is 0.440. The van der Waals surface area contributed by atoms with E-state index in [0.29, 0.717) is 28.9 Å². The van der Waals surface area contributed by atoms with E-state index < -0.39 is 0 Å². The second-order valence-corrected chi connectivity index (χ2v) is 7.55. The first-order valence-electron chi connectivity index (χ1n) is 8.31. The van der Waals surface area contributed by atoms with E-state index in [1.807, 2.05) is 36.4 Å². The van der Waals surface area contributed by atoms with Gasteiger partial charge in [-0.15, -0.1) is 0 Å². The topological polar surface area (TPSA) is 88.8 Å². The normalized spacial score (nSPS) is 10.9. The van der Waals surface area contributed by atoms with Crippen LogP contribution in [-0.4, -0.2) is 15.0 Å². The average molecular weight is 397 g/mol. The molecular formula is C19H17ClN6S. The summed E-state index contributed by atoms with van der Waals surface area (Å²) in [4.78, 5) is 13.1. The van der Waals surface area contributed by atoms with Crippen molar-refractivity contribution in [1.82, 2.24) is 15.0 Å². The summed E-state index contributed by atoms with van der Waals surface area (Å²) in [6.07, 6.45) is 1.47. The number of rotatable bonds is 5. The van der Waals surface area contributed by atoms with Gasteiger partial charge in [-0.2, -0.15) is 0 Å². The lowest BCUT2D eigenvalue weighted by atomic mass is 10.2. The van der Waals surface area contributed by atoms with Crippen molar-refractivity contribution in [2.45, 2.75) is 13.5 Å². The van der Waals surface area contributed by atoms with Crippen molar-refractivity contribution < 1.29 is 0 Å². The number of benzene rings is 2. The van der Waals surface area contributed by atoms with Gasteiger partial charge in [-0.1, -0.05) is 41.1 Å². The van der Waals surface area contributed by atoms with Crippen LogP contribution in [0.15, 0.2) is 48.8 Å². The molecule has 4 aromatic rings. The summed E-state index contributed by atoms with van der Waals surface area (Å²) in [7, 11) is 0. The predicted molar refractivity (Wildman–Crippen MR) is 113 cm³/mol. The van der Waals surface area contributed by atoms with Gasteiger partial charge >= 0.3 is 0 Å². The SMILES string of the molecule is Cc1ccc2nc(Nc3ncnc(NCc4ccc(Cl)cc4)c3N)sc2c1. The fourth-order valence-corrected chi connectivity index (χ4v) is 3.70. The van der Waals surface area contributed by atoms with E-state index in [9.17, 15) is 0 Å². The second kappa shape index (κ2) is 7.38. The maximum absolute atomic E-state index is 6.24. The number of hydrogen-bond acceptors (Lipinski definition) is 7. The van der Waals surface area contributed by atoms with Gasteiger partial charge in [-0.05, 0) is 42.3 Å². The van der Waals surface area contributed by atoms with E-state index in [-0.39, 0.29) is 0 Å². The molecule has 0 radical (unpaired) electrons. The van der Waals surface area contributed by atoms with E-state index in [1.54, 1.807) is 11.3 Å². The zero-order valence-corrected chi connectivity index (χ0v) is 16.1. The van der Waals surface area contributed by atoms with Crippen LogP contribution >= 0.6 is 22.9 Å². The summed E-state index contributed by atoms with van der Waals surface area (Å²) in [5.74, 6) is 1.10. The highest BCUT2D eigenvalue weighted by atomic mass is 35.5. The first-order chi connectivity index (χ1) is 13.1. The van der Waals surface area contributed by atoms with Gasteiger partial charge in [0.2, 0.25) is 0 Å². The molecule has 0 aliphatic carbocycles. The Bertz CT molecular complexity index is 1090. The van der Waals surface area contributed by atoms with Crippen LogP contribution in [-0.2, 0) is 6.54 Å². The molecule has 6 nitrogen and oxygen atoms in total. The van der Waals surface area contributed by atoms with Crippen molar-refractivity contribution in [3.63, 3.8) is 0 Å². The highest BCUT2D eigenvalue weighted by Gasteiger charge is 2.11. The third kappa shape index (κ3) is 3.94. The lowest BCUT2D eigenvalue weighted by Gasteiger charge is -2.11. The Morgan fingerprint density at radius 3 is 2.67 bits per heavy atom. The number of fused-ring (bicyclic) bond motifs is 1. The number of halogens is 1. The molecule has 0 bridgehead atoms. The van der Waals surface area contributed by atoms with Crippen LogP contribution in [0.1, 0.15) is 11.1 Å². The van der Waals surface area contributed by atoms with Gasteiger partial charge in [0.25, 0.3) is 0 Å². The molecule has 0 spiro atoms. The smallest absolute Gasteiger partial charge is 0.189 e. The van der Waals surface area contributed by atoms with Crippen molar-refractivity contribution >= 4 is 55.6 Å². The van der Waals surface area contributed by atoms with E-state index in [1.165, 1.54) is 11.9 Å². The van der Waals surface area contributed by atoms with E-state index in [0.717, 1.165) is 20.9 Å². The number of nitrogens with one attached hydrogen (secondary N) is 2. The van der Waals surface area contributed by atoms with E-state index in [4.69, 9.17) is 17.3 Å². The van der Waals surface area contributed by atoms with Gasteiger partial charge in [-0.3, -0.25) is 0 Å². The van der Waals surface area contributed by atoms with Crippen LogP contribution in [0.25, 0.3) is 10.2 Å². The highest BCUT2D eigenvalue weighted by molar-refractivity contribution is 7.22. The molecule has 8 heteroatoms. The van der Waals surface area contributed by atoms with Gasteiger partial charge in [0.1, 0.15) is 12.0 Å². The number of aryl methyl sites for hydroxylation is 1. The van der Waals surface area contributed by atoms with E-state index in [2.05, 4.69) is 38.6 Å². The van der Waals surface area contributed by atoms with Gasteiger partial charge in [0, 0.05) is 11.6 Å². The van der Waals surface area contributed by atoms with Crippen LogP contribution in [0, 0.1) is 6.92 Å². The van der Waals surface area contributed by atoms with Crippen molar-refractivity contribution in [3.8, 4) is 0 Å². The van der Waals surface area contributed by atoms with Crippen molar-refractivity contribution in [1.29, 1.82) is 0 Å². The molecule has 0 atom stereocenters. The Labute approximate surface area is 165 Å². The Kier molecular flexibility index (Phi) is 4.79. The molecule has 4 N–H and O–H groups in total. The number of hydrogen-bond donors (Lipinski definition) is 3. The second-order valence-electron chi connectivity index (χ2n) is 6.08. The fourth-order valence-electron chi connectivity index (χ4n) is 2.61. The largest absolute Gasteiger partial charge is 0.393 e. The maximum Gasteiger partial charge on any atom is 0.189 e. The molecule has 27 heavy (non-hydrogen) atoms. The predicted octanol–water partition coefficient (Wildman–Crippen LogP) is 4.99. The van der Waals surface area contributed by atoms with Crippen LogP contribution in [0.3, 0.4) is 0 Å². The van der Waals surface area contributed by atoms with Crippen molar-refractivity contribution in [2.24, 2.45) is 0 Å². The number of thiazole rings is 1. The Balaban J connectivity index is 1.52. The van der Waals surface area contributed by atoms with Crippen molar-refractivity contribution in [2.75, 3.05) is 16.4 Å². The van der Waals surface area contributed by atoms with Crippen LogP contribution in [0.2, 0.25) is 5.02 Å². The average Bonchev–Trinajstić information content (AvgIpc) is 3.05. The van der Waals surface area contributed by atoms with E-state index >= 15 is 0 Å². The van der Waals surface area contributed by atoms with Gasteiger partial charge in [0.15, 0.2) is 16.8 Å². The number of anilines is 4. The molecule has 0 aliphatic heterocycles. The summed E-state index contributed by atoms with van der Waals surface area (Å²) in [6, 6.07) is 13.8. The summed E-state index contributed by atoms with van der Waals surface area (Å²) < 4.78 is 1.12. The van der Waals surface area contributed by atoms with Gasteiger partial charge in [-0.25, -0.2) is 15.0 Å². The number of nitrogens with zero attached hydrogens (tertiary/aromatic N) is 3. The molecule has 0 amide bonds. The first kappa shape index (κ1) is 17.5. The Morgan fingerprint density at radius 1 is 1.07 bits per heavy atom. The minimum atomic E-state index is 0.446. The van der Waals surface area contributed by atoms with Crippen LogP contribution < -0.4 is 16.4 Å². The fraction of sp³-hybridized carbons (Fsp3) is 0.105. The molecule has 2 heterocycles. The number of aromatic nitrogens is 3. The molecular weight excluding hydrogens is 380 g/mol. The van der Waals surface area contributed by atoms with Gasteiger partial charge < -0.3 is 16.4 Å². The summed E-state index contributed by atoms with van der Waals surface area (Å²) >= 11 is 7.48. The third-order valence-corrected chi connectivity index (χ3v) is 5.21. The Hall–Kier alpha value is -2.90. The molecule has 2 aromatic heterocycles. The molecule has 2 aromatic carbocycles. The zero-order valence-electron chi connectivity index (χ0n) is 14.5. The molecule has 4 rings (SSSR count). The summed E-state index contributed by atoms with van der Waals surface area (Å²) in [5.41, 5.74) is 9.91. The Morgan fingerprint density at radius 2 is 1.85 bits per heavy atom. The first-order valence-corrected chi connectivity index (χ1v) is 9.51. The number of nitrogen functional groups attached to an aromatic ring is 1. The monoisotopic (exact) mass is 396 g/mol. The molecule has 136 valence electrons. The lowest BCUT2D eigenvalue weighted by molar-refractivity contribution is 1.09. The maximum atomic E-state index is 6.24. The third-order valence-electron chi connectivity index (χ3n) is 4.03. The number of nitrogens with two attached hydrogens (primary N) is 1. The summed E-state index contributed by atoms with van der Waals surface area (Å²) in [5, 5.41) is 7.88. The van der Waals surface area contributed by atoms with Crippen molar-refractivity contribution in [3.05, 3.63) is 64.9 Å². The molecule has 0 saturated carbocycles.